The molecule has 0 unspecified atom stereocenters. The number of unbranched alkanes of at least 4 members (excludes halogenated alkanes) is 1. The monoisotopic (exact) mass is 343 g/mol. The molecule has 6 heteroatoms. The van der Waals surface area contributed by atoms with E-state index in [1.807, 2.05) is 28.8 Å². The lowest BCUT2D eigenvalue weighted by Gasteiger charge is -2.32. The maximum atomic E-state index is 12.5. The lowest BCUT2D eigenvalue weighted by molar-refractivity contribution is -0.132. The molecule has 1 saturated heterocycles. The molecule has 1 fully saturated rings. The van der Waals surface area contributed by atoms with E-state index in [4.69, 9.17) is 0 Å². The zero-order chi connectivity index (χ0) is 17.6. The number of aryl methyl sites for hydroxylation is 3. The minimum atomic E-state index is 0.251. The normalized spacial score (nSPS) is 15.7. The lowest BCUT2D eigenvalue weighted by Crippen LogP contribution is -2.38. The number of amides is 1. The zero-order valence-corrected chi connectivity index (χ0v) is 15.4. The Bertz CT molecular complexity index is 682. The Labute approximate surface area is 149 Å². The van der Waals surface area contributed by atoms with Crippen LogP contribution in [0.2, 0.25) is 0 Å². The van der Waals surface area contributed by atoms with Crippen LogP contribution in [0.25, 0.3) is 0 Å². The summed E-state index contributed by atoms with van der Waals surface area (Å²) in [4.78, 5) is 23.3. The largest absolute Gasteiger partial charge is 0.343 e. The molecule has 2 aromatic heterocycles. The number of rotatable bonds is 7. The third kappa shape index (κ3) is 4.30. The van der Waals surface area contributed by atoms with Gasteiger partial charge in [0.15, 0.2) is 0 Å². The van der Waals surface area contributed by atoms with Crippen molar-refractivity contribution in [3.63, 3.8) is 0 Å². The average molecular weight is 343 g/mol. The Morgan fingerprint density at radius 2 is 1.84 bits per heavy atom. The summed E-state index contributed by atoms with van der Waals surface area (Å²) in [6.07, 6.45) is 12.7. The highest BCUT2D eigenvalue weighted by Gasteiger charge is 2.26. The van der Waals surface area contributed by atoms with E-state index in [9.17, 15) is 4.79 Å². The van der Waals surface area contributed by atoms with Gasteiger partial charge in [0.25, 0.3) is 0 Å². The van der Waals surface area contributed by atoms with E-state index in [2.05, 4.69) is 27.7 Å². The SMILES string of the molecule is CCCCn1ccnc1C1CCN(C(=O)CCn2ccnc2C)CC1. The molecule has 0 atom stereocenters. The fourth-order valence-corrected chi connectivity index (χ4v) is 3.60. The van der Waals surface area contributed by atoms with Crippen molar-refractivity contribution in [1.29, 1.82) is 0 Å². The van der Waals surface area contributed by atoms with Gasteiger partial charge < -0.3 is 14.0 Å². The molecule has 25 heavy (non-hydrogen) atoms. The summed E-state index contributed by atoms with van der Waals surface area (Å²) in [5.41, 5.74) is 0. The highest BCUT2D eigenvalue weighted by atomic mass is 16.2. The van der Waals surface area contributed by atoms with Crippen LogP contribution in [0, 0.1) is 6.92 Å². The van der Waals surface area contributed by atoms with E-state index in [1.165, 1.54) is 18.7 Å². The summed E-state index contributed by atoms with van der Waals surface area (Å²) in [6, 6.07) is 0. The maximum absolute atomic E-state index is 12.5. The first-order valence-electron chi connectivity index (χ1n) is 9.45. The molecule has 3 rings (SSSR count). The van der Waals surface area contributed by atoms with Crippen LogP contribution in [-0.2, 0) is 17.9 Å². The number of carbonyl (C=O) groups is 1. The van der Waals surface area contributed by atoms with Gasteiger partial charge >= 0.3 is 0 Å². The van der Waals surface area contributed by atoms with E-state index in [-0.39, 0.29) is 5.91 Å². The van der Waals surface area contributed by atoms with Gasteiger partial charge in [-0.2, -0.15) is 0 Å². The fourth-order valence-electron chi connectivity index (χ4n) is 3.60. The van der Waals surface area contributed by atoms with E-state index < -0.39 is 0 Å². The topological polar surface area (TPSA) is 56.0 Å². The van der Waals surface area contributed by atoms with Gasteiger partial charge in [0.2, 0.25) is 5.91 Å². The van der Waals surface area contributed by atoms with E-state index >= 15 is 0 Å². The first-order valence-corrected chi connectivity index (χ1v) is 9.45. The van der Waals surface area contributed by atoms with Gasteiger partial charge in [0.1, 0.15) is 11.6 Å². The van der Waals surface area contributed by atoms with Crippen molar-refractivity contribution in [2.75, 3.05) is 13.1 Å². The van der Waals surface area contributed by atoms with Crippen molar-refractivity contribution in [1.82, 2.24) is 24.0 Å². The summed E-state index contributed by atoms with van der Waals surface area (Å²) < 4.78 is 4.34. The van der Waals surface area contributed by atoms with E-state index in [1.54, 1.807) is 6.20 Å². The molecule has 1 aliphatic rings. The van der Waals surface area contributed by atoms with Crippen LogP contribution in [0.5, 0.6) is 0 Å². The number of hydrogen-bond donors (Lipinski definition) is 0. The lowest BCUT2D eigenvalue weighted by atomic mass is 9.95. The Kier molecular flexibility index (Phi) is 5.89. The second-order valence-electron chi connectivity index (χ2n) is 6.91. The van der Waals surface area contributed by atoms with Crippen LogP contribution in [0.4, 0.5) is 0 Å². The van der Waals surface area contributed by atoms with Crippen molar-refractivity contribution >= 4 is 5.91 Å². The number of imidazole rings is 2. The summed E-state index contributed by atoms with van der Waals surface area (Å²) in [7, 11) is 0. The highest BCUT2D eigenvalue weighted by Crippen LogP contribution is 2.27. The minimum absolute atomic E-state index is 0.251. The molecule has 0 aromatic carbocycles. The Morgan fingerprint density at radius 1 is 1.12 bits per heavy atom. The summed E-state index contributed by atoms with van der Waals surface area (Å²) in [5, 5.41) is 0. The molecule has 0 spiro atoms. The van der Waals surface area contributed by atoms with Gasteiger partial charge in [-0.05, 0) is 26.2 Å². The number of piperidine rings is 1. The number of aromatic nitrogens is 4. The van der Waals surface area contributed by atoms with Crippen molar-refractivity contribution < 1.29 is 4.79 Å². The fraction of sp³-hybridized carbons (Fsp3) is 0.632. The molecule has 0 aliphatic carbocycles. The molecule has 3 heterocycles. The van der Waals surface area contributed by atoms with Crippen molar-refractivity contribution in [2.24, 2.45) is 0 Å². The second kappa shape index (κ2) is 8.32. The highest BCUT2D eigenvalue weighted by molar-refractivity contribution is 5.76. The number of carbonyl (C=O) groups excluding carboxylic acids is 1. The smallest absolute Gasteiger partial charge is 0.224 e. The summed E-state index contributed by atoms with van der Waals surface area (Å²) >= 11 is 0. The predicted octanol–water partition coefficient (Wildman–Crippen LogP) is 2.98. The zero-order valence-electron chi connectivity index (χ0n) is 15.4. The number of hydrogen-bond acceptors (Lipinski definition) is 3. The quantitative estimate of drug-likeness (QED) is 0.776. The minimum Gasteiger partial charge on any atom is -0.343 e. The standard InChI is InChI=1S/C19H29N5O/c1-3-4-10-24-15-9-21-19(24)17-5-11-23(12-6-17)18(25)7-13-22-14-8-20-16(22)2/h8-9,14-15,17H,3-7,10-13H2,1-2H3. The van der Waals surface area contributed by atoms with Crippen LogP contribution in [0.3, 0.4) is 0 Å². The Balaban J connectivity index is 1.49. The molecule has 1 amide bonds. The number of nitrogens with zero attached hydrogens (tertiary/aromatic N) is 5. The third-order valence-corrected chi connectivity index (χ3v) is 5.20. The molecule has 0 N–H and O–H groups in total. The molecular formula is C19H29N5O. The van der Waals surface area contributed by atoms with Crippen molar-refractivity contribution in [3.8, 4) is 0 Å². The molecular weight excluding hydrogens is 314 g/mol. The number of likely N-dealkylation sites (tertiary alicyclic amines) is 1. The summed E-state index contributed by atoms with van der Waals surface area (Å²) in [6.45, 7) is 7.63. The molecule has 136 valence electrons. The predicted molar refractivity (Wildman–Crippen MR) is 97.3 cm³/mol. The van der Waals surface area contributed by atoms with Gasteiger partial charge in [-0.3, -0.25) is 4.79 Å². The molecule has 0 radical (unpaired) electrons. The molecule has 2 aromatic rings. The van der Waals surface area contributed by atoms with Gasteiger partial charge in [0, 0.05) is 63.3 Å². The summed E-state index contributed by atoms with van der Waals surface area (Å²) in [5.74, 6) is 2.90. The van der Waals surface area contributed by atoms with Crippen LogP contribution < -0.4 is 0 Å². The molecule has 6 nitrogen and oxygen atoms in total. The molecule has 0 saturated carbocycles. The van der Waals surface area contributed by atoms with Gasteiger partial charge in [-0.1, -0.05) is 13.3 Å². The first-order chi connectivity index (χ1) is 12.2. The van der Waals surface area contributed by atoms with Crippen molar-refractivity contribution in [2.45, 2.75) is 65.0 Å². The maximum Gasteiger partial charge on any atom is 0.224 e. The Morgan fingerprint density at radius 3 is 2.52 bits per heavy atom. The average Bonchev–Trinajstić information content (AvgIpc) is 3.26. The molecule has 0 bridgehead atoms. The van der Waals surface area contributed by atoms with E-state index in [0.29, 0.717) is 18.9 Å². The molecule has 1 aliphatic heterocycles. The van der Waals surface area contributed by atoms with Gasteiger partial charge in [-0.15, -0.1) is 0 Å². The second-order valence-corrected chi connectivity index (χ2v) is 6.91. The van der Waals surface area contributed by atoms with Crippen LogP contribution in [-0.4, -0.2) is 43.0 Å². The van der Waals surface area contributed by atoms with Crippen molar-refractivity contribution in [3.05, 3.63) is 36.4 Å². The van der Waals surface area contributed by atoms with E-state index in [0.717, 1.165) is 38.3 Å². The first kappa shape index (κ1) is 17.7. The van der Waals surface area contributed by atoms with Crippen LogP contribution in [0.15, 0.2) is 24.8 Å². The third-order valence-electron chi connectivity index (χ3n) is 5.20. The van der Waals surface area contributed by atoms with Crippen LogP contribution >= 0.6 is 0 Å². The van der Waals surface area contributed by atoms with Gasteiger partial charge in [0.05, 0.1) is 0 Å². The van der Waals surface area contributed by atoms with Gasteiger partial charge in [-0.25, -0.2) is 9.97 Å². The van der Waals surface area contributed by atoms with Crippen LogP contribution in [0.1, 0.15) is 56.6 Å². The Hall–Kier alpha value is -2.11.